The van der Waals surface area contributed by atoms with Crippen LogP contribution in [0.25, 0.3) is 0 Å². The van der Waals surface area contributed by atoms with Gasteiger partial charge in [0.05, 0.1) is 6.61 Å². The molecule has 1 saturated carbocycles. The molecule has 0 N–H and O–H groups in total. The highest BCUT2D eigenvalue weighted by Gasteiger charge is 2.47. The molecule has 2 fully saturated rings. The number of ether oxygens (including phenoxy) is 1. The summed E-state index contributed by atoms with van der Waals surface area (Å²) in [6.45, 7) is 4.60. The fraction of sp³-hybridized carbons (Fsp3) is 0.526. The van der Waals surface area contributed by atoms with Gasteiger partial charge in [0, 0.05) is 12.6 Å². The highest BCUT2D eigenvalue weighted by molar-refractivity contribution is 6.44. The van der Waals surface area contributed by atoms with Gasteiger partial charge in [-0.15, -0.1) is 0 Å². The van der Waals surface area contributed by atoms with Crippen molar-refractivity contribution in [3.63, 3.8) is 0 Å². The molecule has 0 radical (unpaired) electrons. The average Bonchev–Trinajstić information content (AvgIpc) is 3.13. The molecule has 1 saturated heterocycles. The van der Waals surface area contributed by atoms with Gasteiger partial charge in [0.2, 0.25) is 0 Å². The number of hydrogen-bond acceptors (Lipinski definition) is 4. The van der Waals surface area contributed by atoms with Crippen LogP contribution in [0.5, 0.6) is 5.75 Å². The maximum absolute atomic E-state index is 12.4. The van der Waals surface area contributed by atoms with Crippen molar-refractivity contribution in [3.8, 4) is 5.75 Å². The average molecular weight is 344 g/mol. The third-order valence-electron chi connectivity index (χ3n) is 4.76. The SMILES string of the molecule is Cc1cc(C)cc(OCCCN2C(=O)C(=O)N(C3CCCC3)C2=O)c1. The van der Waals surface area contributed by atoms with Gasteiger partial charge in [-0.25, -0.2) is 4.79 Å². The fourth-order valence-corrected chi connectivity index (χ4v) is 3.63. The molecule has 6 nitrogen and oxygen atoms in total. The number of imide groups is 2. The molecule has 0 bridgehead atoms. The number of carbonyl (C=O) groups is 3. The first kappa shape index (κ1) is 17.5. The zero-order valence-electron chi connectivity index (χ0n) is 14.8. The normalized spacial score (nSPS) is 18.6. The van der Waals surface area contributed by atoms with Crippen molar-refractivity contribution in [3.05, 3.63) is 29.3 Å². The van der Waals surface area contributed by atoms with Gasteiger partial charge in [0.25, 0.3) is 0 Å². The molecule has 25 heavy (non-hydrogen) atoms. The highest BCUT2D eigenvalue weighted by Crippen LogP contribution is 2.27. The van der Waals surface area contributed by atoms with Crippen molar-refractivity contribution < 1.29 is 19.1 Å². The van der Waals surface area contributed by atoms with Gasteiger partial charge in [-0.2, -0.15) is 0 Å². The number of nitrogens with zero attached hydrogens (tertiary/aromatic N) is 2. The third-order valence-corrected chi connectivity index (χ3v) is 4.76. The van der Waals surface area contributed by atoms with Crippen molar-refractivity contribution >= 4 is 17.8 Å². The lowest BCUT2D eigenvalue weighted by Crippen LogP contribution is -2.40. The van der Waals surface area contributed by atoms with Crippen LogP contribution in [-0.4, -0.2) is 46.8 Å². The van der Waals surface area contributed by atoms with Gasteiger partial charge in [0.15, 0.2) is 0 Å². The summed E-state index contributed by atoms with van der Waals surface area (Å²) < 4.78 is 5.70. The molecular weight excluding hydrogens is 320 g/mol. The molecule has 0 unspecified atom stereocenters. The first-order chi connectivity index (χ1) is 12.0. The molecule has 1 aromatic rings. The predicted molar refractivity (Wildman–Crippen MR) is 92.2 cm³/mol. The molecule has 0 spiro atoms. The van der Waals surface area contributed by atoms with E-state index in [4.69, 9.17) is 4.74 Å². The van der Waals surface area contributed by atoms with Crippen LogP contribution in [0.2, 0.25) is 0 Å². The van der Waals surface area contributed by atoms with E-state index in [9.17, 15) is 14.4 Å². The first-order valence-corrected chi connectivity index (χ1v) is 8.87. The fourth-order valence-electron chi connectivity index (χ4n) is 3.63. The second-order valence-corrected chi connectivity index (χ2v) is 6.88. The third kappa shape index (κ3) is 3.67. The van der Waals surface area contributed by atoms with Gasteiger partial charge in [0.1, 0.15) is 5.75 Å². The summed E-state index contributed by atoms with van der Waals surface area (Å²) in [6.07, 6.45) is 4.10. The van der Waals surface area contributed by atoms with E-state index in [0.717, 1.165) is 47.5 Å². The molecule has 4 amide bonds. The molecular formula is C19H24N2O4. The Bertz CT molecular complexity index is 674. The van der Waals surface area contributed by atoms with Crippen molar-refractivity contribution in [1.29, 1.82) is 0 Å². The Morgan fingerprint density at radius 2 is 1.64 bits per heavy atom. The monoisotopic (exact) mass is 344 g/mol. The van der Waals surface area contributed by atoms with Gasteiger partial charge in [-0.1, -0.05) is 18.9 Å². The van der Waals surface area contributed by atoms with Crippen molar-refractivity contribution in [1.82, 2.24) is 9.80 Å². The number of hydrogen-bond donors (Lipinski definition) is 0. The van der Waals surface area contributed by atoms with E-state index in [2.05, 4.69) is 6.07 Å². The van der Waals surface area contributed by atoms with Crippen LogP contribution in [0.3, 0.4) is 0 Å². The molecule has 1 aliphatic carbocycles. The molecule has 1 heterocycles. The molecule has 2 aliphatic rings. The molecule has 6 heteroatoms. The number of urea groups is 1. The van der Waals surface area contributed by atoms with Crippen LogP contribution in [0.15, 0.2) is 18.2 Å². The minimum atomic E-state index is -0.705. The number of benzene rings is 1. The van der Waals surface area contributed by atoms with E-state index >= 15 is 0 Å². The smallest absolute Gasteiger partial charge is 0.334 e. The molecule has 1 aliphatic heterocycles. The predicted octanol–water partition coefficient (Wildman–Crippen LogP) is 2.81. The minimum absolute atomic E-state index is 0.111. The van der Waals surface area contributed by atoms with Gasteiger partial charge in [-0.05, 0) is 56.4 Å². The van der Waals surface area contributed by atoms with Crippen molar-refractivity contribution in [2.75, 3.05) is 13.2 Å². The molecule has 1 aromatic carbocycles. The summed E-state index contributed by atoms with van der Waals surface area (Å²) in [7, 11) is 0. The summed E-state index contributed by atoms with van der Waals surface area (Å²) in [4.78, 5) is 38.9. The van der Waals surface area contributed by atoms with Crippen LogP contribution in [-0.2, 0) is 9.59 Å². The Morgan fingerprint density at radius 1 is 1.00 bits per heavy atom. The standard InChI is InChI=1S/C19H24N2O4/c1-13-10-14(2)12-16(11-13)25-9-5-8-20-17(22)18(23)21(19(20)24)15-6-3-4-7-15/h10-12,15H,3-9H2,1-2H3. The number of carbonyl (C=O) groups excluding carboxylic acids is 3. The summed E-state index contributed by atoms with van der Waals surface area (Å²) in [5.41, 5.74) is 2.25. The summed E-state index contributed by atoms with van der Waals surface area (Å²) >= 11 is 0. The minimum Gasteiger partial charge on any atom is -0.494 e. The Kier molecular flexibility index (Phi) is 5.06. The van der Waals surface area contributed by atoms with Crippen LogP contribution >= 0.6 is 0 Å². The lowest BCUT2D eigenvalue weighted by Gasteiger charge is -2.21. The quantitative estimate of drug-likeness (QED) is 0.452. The topological polar surface area (TPSA) is 66.9 Å². The van der Waals surface area contributed by atoms with Crippen LogP contribution in [0.4, 0.5) is 4.79 Å². The molecule has 0 atom stereocenters. The lowest BCUT2D eigenvalue weighted by atomic mass is 10.1. The van der Waals surface area contributed by atoms with E-state index in [1.54, 1.807) is 0 Å². The largest absolute Gasteiger partial charge is 0.494 e. The Labute approximate surface area is 147 Å². The number of aryl methyl sites for hydroxylation is 2. The van der Waals surface area contributed by atoms with Gasteiger partial charge >= 0.3 is 17.8 Å². The second-order valence-electron chi connectivity index (χ2n) is 6.88. The highest BCUT2D eigenvalue weighted by atomic mass is 16.5. The summed E-state index contributed by atoms with van der Waals surface area (Å²) in [6, 6.07) is 5.39. The van der Waals surface area contributed by atoms with Crippen LogP contribution in [0.1, 0.15) is 43.2 Å². The van der Waals surface area contributed by atoms with Gasteiger partial charge < -0.3 is 4.74 Å². The maximum Gasteiger partial charge on any atom is 0.334 e. The van der Waals surface area contributed by atoms with E-state index in [0.29, 0.717) is 13.0 Å². The van der Waals surface area contributed by atoms with Gasteiger partial charge in [-0.3, -0.25) is 19.4 Å². The zero-order valence-corrected chi connectivity index (χ0v) is 14.8. The summed E-state index contributed by atoms with van der Waals surface area (Å²) in [5, 5.41) is 0. The maximum atomic E-state index is 12.4. The number of amides is 4. The molecule has 0 aromatic heterocycles. The second kappa shape index (κ2) is 7.25. The Morgan fingerprint density at radius 3 is 2.28 bits per heavy atom. The Hall–Kier alpha value is -2.37. The van der Waals surface area contributed by atoms with E-state index in [-0.39, 0.29) is 12.6 Å². The zero-order chi connectivity index (χ0) is 18.0. The van der Waals surface area contributed by atoms with E-state index in [1.807, 2.05) is 26.0 Å². The number of rotatable bonds is 6. The van der Waals surface area contributed by atoms with E-state index < -0.39 is 17.8 Å². The van der Waals surface area contributed by atoms with Crippen LogP contribution in [0, 0.1) is 13.8 Å². The van der Waals surface area contributed by atoms with Crippen molar-refractivity contribution in [2.24, 2.45) is 0 Å². The first-order valence-electron chi connectivity index (χ1n) is 8.87. The Balaban J connectivity index is 1.53. The summed E-state index contributed by atoms with van der Waals surface area (Å²) in [5.74, 6) is -0.601. The molecule has 3 rings (SSSR count). The van der Waals surface area contributed by atoms with E-state index in [1.165, 1.54) is 4.90 Å². The molecule has 134 valence electrons. The lowest BCUT2D eigenvalue weighted by molar-refractivity contribution is -0.144. The van der Waals surface area contributed by atoms with Crippen molar-refractivity contribution in [2.45, 2.75) is 52.0 Å². The van der Waals surface area contributed by atoms with Crippen LogP contribution < -0.4 is 4.74 Å².